The molecule has 1 aromatic carbocycles. The molecule has 4 heterocycles. The fraction of sp³-hybridized carbons (Fsp3) is 0.231. The quantitative estimate of drug-likeness (QED) is 0.314. The molecule has 0 spiro atoms. The van der Waals surface area contributed by atoms with Gasteiger partial charge in [0.25, 0.3) is 0 Å². The third kappa shape index (κ3) is 4.07. The lowest BCUT2D eigenvalue weighted by molar-refractivity contribution is -0.125. The van der Waals surface area contributed by atoms with Crippen molar-refractivity contribution < 1.29 is 27.5 Å². The number of fused-ring (bicyclic) bond motifs is 1. The number of carbonyl (C=O) groups is 1. The highest BCUT2D eigenvalue weighted by Crippen LogP contribution is 2.36. The second kappa shape index (κ2) is 9.85. The van der Waals surface area contributed by atoms with Gasteiger partial charge in [0, 0.05) is 25.4 Å². The van der Waals surface area contributed by atoms with Crippen LogP contribution in [-0.2, 0) is 4.79 Å². The SMILES string of the molecule is C=CC(=O)N1CCC(n2nc(C#Cc3c(F)c(OC)cc(OC)c3F)c3c(N)ncc(-c4ncco4)c32)C1. The summed E-state index contributed by atoms with van der Waals surface area (Å²) in [4.78, 5) is 22.3. The number of oxazole rings is 1. The van der Waals surface area contributed by atoms with Gasteiger partial charge in [-0.15, -0.1) is 0 Å². The molecule has 1 atom stereocenters. The Morgan fingerprint density at radius 2 is 1.97 bits per heavy atom. The lowest BCUT2D eigenvalue weighted by Gasteiger charge is -2.16. The maximum atomic E-state index is 14.9. The van der Waals surface area contributed by atoms with E-state index in [1.165, 1.54) is 39.0 Å². The van der Waals surface area contributed by atoms with Crippen molar-refractivity contribution in [2.75, 3.05) is 33.0 Å². The Hall–Kier alpha value is -4.92. The molecule has 1 aliphatic heterocycles. The maximum Gasteiger partial charge on any atom is 0.246 e. The number of rotatable bonds is 5. The van der Waals surface area contributed by atoms with E-state index in [1.54, 1.807) is 9.58 Å². The van der Waals surface area contributed by atoms with Crippen LogP contribution in [0, 0.1) is 23.5 Å². The number of nitrogens with two attached hydrogens (primary N) is 1. The Balaban J connectivity index is 1.72. The Labute approximate surface area is 215 Å². The second-order valence-electron chi connectivity index (χ2n) is 8.38. The van der Waals surface area contributed by atoms with Gasteiger partial charge in [-0.3, -0.25) is 9.48 Å². The predicted octanol–water partition coefficient (Wildman–Crippen LogP) is 3.32. The highest BCUT2D eigenvalue weighted by molar-refractivity contribution is 6.01. The summed E-state index contributed by atoms with van der Waals surface area (Å²) < 4.78 is 47.1. The highest BCUT2D eigenvalue weighted by atomic mass is 19.1. The van der Waals surface area contributed by atoms with E-state index in [0.717, 1.165) is 6.07 Å². The molecule has 12 heteroatoms. The van der Waals surface area contributed by atoms with Crippen LogP contribution in [0.5, 0.6) is 11.5 Å². The molecule has 1 fully saturated rings. The number of amides is 1. The van der Waals surface area contributed by atoms with Gasteiger partial charge in [0.05, 0.1) is 42.9 Å². The number of halogens is 2. The minimum atomic E-state index is -0.983. The lowest BCUT2D eigenvalue weighted by atomic mass is 10.1. The summed E-state index contributed by atoms with van der Waals surface area (Å²) in [5.74, 6) is 3.03. The number of hydrogen-bond donors (Lipinski definition) is 1. The zero-order chi connectivity index (χ0) is 27.0. The molecule has 0 saturated carbocycles. The van der Waals surface area contributed by atoms with E-state index < -0.39 is 17.2 Å². The van der Waals surface area contributed by atoms with Gasteiger partial charge in [-0.1, -0.05) is 12.5 Å². The predicted molar refractivity (Wildman–Crippen MR) is 133 cm³/mol. The summed E-state index contributed by atoms with van der Waals surface area (Å²) in [5.41, 5.74) is 6.85. The fourth-order valence-electron chi connectivity index (χ4n) is 4.45. The van der Waals surface area contributed by atoms with Gasteiger partial charge in [0.1, 0.15) is 23.3 Å². The van der Waals surface area contributed by atoms with Crippen LogP contribution < -0.4 is 15.2 Å². The summed E-state index contributed by atoms with van der Waals surface area (Å²) >= 11 is 0. The number of likely N-dealkylation sites (tertiary alicyclic amines) is 1. The normalized spacial score (nSPS) is 14.8. The summed E-state index contributed by atoms with van der Waals surface area (Å²) in [6.07, 6.45) is 6.26. The maximum absolute atomic E-state index is 14.9. The first-order valence-electron chi connectivity index (χ1n) is 11.5. The minimum absolute atomic E-state index is 0.104. The van der Waals surface area contributed by atoms with E-state index in [-0.39, 0.29) is 40.9 Å². The van der Waals surface area contributed by atoms with E-state index in [2.05, 4.69) is 33.5 Å². The van der Waals surface area contributed by atoms with Crippen molar-refractivity contribution in [3.05, 3.63) is 60.3 Å². The second-order valence-corrected chi connectivity index (χ2v) is 8.38. The summed E-state index contributed by atoms with van der Waals surface area (Å²) in [6.45, 7) is 4.40. The Morgan fingerprint density at radius 3 is 2.61 bits per heavy atom. The monoisotopic (exact) mass is 520 g/mol. The lowest BCUT2D eigenvalue weighted by Crippen LogP contribution is -2.27. The molecule has 1 saturated heterocycles. The first-order chi connectivity index (χ1) is 18.4. The third-order valence-electron chi connectivity index (χ3n) is 6.29. The third-order valence-corrected chi connectivity index (χ3v) is 6.29. The van der Waals surface area contributed by atoms with E-state index in [4.69, 9.17) is 19.6 Å². The number of methoxy groups -OCH3 is 2. The van der Waals surface area contributed by atoms with Gasteiger partial charge < -0.3 is 24.5 Å². The molecule has 3 aromatic heterocycles. The zero-order valence-electron chi connectivity index (χ0n) is 20.5. The van der Waals surface area contributed by atoms with E-state index in [1.807, 2.05) is 0 Å². The molecule has 1 aliphatic rings. The number of hydrogen-bond acceptors (Lipinski definition) is 8. The van der Waals surface area contributed by atoms with Crippen molar-refractivity contribution in [1.82, 2.24) is 24.6 Å². The van der Waals surface area contributed by atoms with Crippen molar-refractivity contribution in [3.63, 3.8) is 0 Å². The molecule has 1 unspecified atom stereocenters. The molecule has 194 valence electrons. The van der Waals surface area contributed by atoms with E-state index in [0.29, 0.717) is 36.0 Å². The molecule has 2 N–H and O–H groups in total. The van der Waals surface area contributed by atoms with Crippen LogP contribution in [0.2, 0.25) is 0 Å². The van der Waals surface area contributed by atoms with Crippen molar-refractivity contribution in [3.8, 4) is 34.8 Å². The average Bonchev–Trinajstić information content (AvgIpc) is 3.69. The van der Waals surface area contributed by atoms with Crippen LogP contribution in [-0.4, -0.2) is 57.9 Å². The largest absolute Gasteiger partial charge is 0.493 e. The number of nitrogens with zero attached hydrogens (tertiary/aromatic N) is 5. The number of nitrogen functional groups attached to an aromatic ring is 1. The van der Waals surface area contributed by atoms with Crippen molar-refractivity contribution in [2.24, 2.45) is 0 Å². The number of carbonyl (C=O) groups excluding carboxylic acids is 1. The molecule has 4 aromatic rings. The molecule has 0 radical (unpaired) electrons. The van der Waals surface area contributed by atoms with E-state index in [9.17, 15) is 13.6 Å². The number of pyridine rings is 1. The fourth-order valence-corrected chi connectivity index (χ4v) is 4.45. The standard InChI is InChI=1S/C26H22F2N6O4/c1-4-20(35)33-9-7-14(13-33)34-24-16(26-30-8-10-38-26)12-31-25(29)21(24)17(32-34)6-5-15-22(27)18(36-2)11-19(37-3)23(15)28/h4,8,10-12,14H,1,7,9,13H2,2-3H3,(H2,29,31). The summed E-state index contributed by atoms with van der Waals surface area (Å²) in [5, 5.41) is 5.02. The number of ether oxygens (including phenoxy) is 2. The van der Waals surface area contributed by atoms with E-state index >= 15 is 0 Å². The Bertz CT molecular complexity index is 1590. The topological polar surface area (TPSA) is 122 Å². The summed E-state index contributed by atoms with van der Waals surface area (Å²) in [7, 11) is 2.50. The molecule has 1 amide bonds. The van der Waals surface area contributed by atoms with Gasteiger partial charge in [-0.2, -0.15) is 5.10 Å². The summed E-state index contributed by atoms with van der Waals surface area (Å²) in [6, 6.07) is 0.846. The molecular weight excluding hydrogens is 498 g/mol. The number of benzene rings is 1. The minimum Gasteiger partial charge on any atom is -0.493 e. The first kappa shape index (κ1) is 24.8. The van der Waals surface area contributed by atoms with Crippen LogP contribution in [0.15, 0.2) is 41.8 Å². The molecule has 0 bridgehead atoms. The zero-order valence-corrected chi connectivity index (χ0v) is 20.5. The van der Waals surface area contributed by atoms with Gasteiger partial charge in [0.2, 0.25) is 11.8 Å². The first-order valence-corrected chi connectivity index (χ1v) is 11.5. The molecule has 10 nitrogen and oxygen atoms in total. The molecule has 5 rings (SSSR count). The smallest absolute Gasteiger partial charge is 0.246 e. The van der Waals surface area contributed by atoms with Crippen molar-refractivity contribution in [1.29, 1.82) is 0 Å². The van der Waals surface area contributed by atoms with Gasteiger partial charge in [-0.25, -0.2) is 18.7 Å². The van der Waals surface area contributed by atoms with Crippen LogP contribution in [0.3, 0.4) is 0 Å². The molecular formula is C26H22F2N6O4. The number of aromatic nitrogens is 4. The van der Waals surface area contributed by atoms with Crippen LogP contribution in [0.25, 0.3) is 22.4 Å². The van der Waals surface area contributed by atoms with Gasteiger partial charge in [-0.05, 0) is 18.4 Å². The Morgan fingerprint density at radius 1 is 1.24 bits per heavy atom. The van der Waals surface area contributed by atoms with Crippen molar-refractivity contribution >= 4 is 22.6 Å². The Kier molecular flexibility index (Phi) is 6.42. The van der Waals surface area contributed by atoms with Crippen molar-refractivity contribution in [2.45, 2.75) is 12.5 Å². The average molecular weight is 520 g/mol. The van der Waals surface area contributed by atoms with Crippen LogP contribution in [0.1, 0.15) is 23.7 Å². The van der Waals surface area contributed by atoms with Crippen LogP contribution >= 0.6 is 0 Å². The van der Waals surface area contributed by atoms with Gasteiger partial charge in [0.15, 0.2) is 23.1 Å². The molecule has 38 heavy (non-hydrogen) atoms. The molecule has 0 aliphatic carbocycles. The number of anilines is 1. The van der Waals surface area contributed by atoms with Crippen LogP contribution in [0.4, 0.5) is 14.6 Å². The highest BCUT2D eigenvalue weighted by Gasteiger charge is 2.31. The van der Waals surface area contributed by atoms with Gasteiger partial charge >= 0.3 is 0 Å².